The highest BCUT2D eigenvalue weighted by Gasteiger charge is 2.09. The van der Waals surface area contributed by atoms with Gasteiger partial charge in [-0.3, -0.25) is 4.79 Å². The van der Waals surface area contributed by atoms with Crippen molar-refractivity contribution in [1.29, 1.82) is 0 Å². The fraction of sp³-hybridized carbons (Fsp3) is 0.143. The van der Waals surface area contributed by atoms with Gasteiger partial charge in [-0.15, -0.1) is 0 Å². The number of nitrogens with one attached hydrogen (secondary N) is 1. The number of benzene rings is 1. The molecule has 1 aromatic carbocycles. The number of para-hydroxylation sites is 2. The van der Waals surface area contributed by atoms with Gasteiger partial charge in [0.1, 0.15) is 0 Å². The Morgan fingerprint density at radius 3 is 2.95 bits per heavy atom. The van der Waals surface area contributed by atoms with Crippen LogP contribution in [0.1, 0.15) is 10.6 Å². The molecule has 3 aromatic rings. The summed E-state index contributed by atoms with van der Waals surface area (Å²) in [6, 6.07) is 11.2. The van der Waals surface area contributed by atoms with Crippen LogP contribution in [0.4, 0.5) is 0 Å². The number of rotatable bonds is 4. The monoisotopic (exact) mass is 333 g/mol. The van der Waals surface area contributed by atoms with E-state index in [0.29, 0.717) is 23.5 Å². The van der Waals surface area contributed by atoms with Gasteiger partial charge in [-0.2, -0.15) is 0 Å². The van der Waals surface area contributed by atoms with Crippen molar-refractivity contribution in [2.24, 2.45) is 0 Å². The summed E-state index contributed by atoms with van der Waals surface area (Å²) in [5, 5.41) is 2.81. The van der Waals surface area contributed by atoms with Gasteiger partial charge < -0.3 is 14.3 Å². The van der Waals surface area contributed by atoms with E-state index in [9.17, 15) is 4.79 Å². The third-order valence-corrected chi connectivity index (χ3v) is 3.39. The average Bonchev–Trinajstić information content (AvgIpc) is 3.06. The molecule has 5 nitrogen and oxygen atoms in total. The molecule has 0 saturated carbocycles. The summed E-state index contributed by atoms with van der Waals surface area (Å²) < 4.78 is 7.74. The van der Waals surface area contributed by atoms with Gasteiger partial charge in [0.2, 0.25) is 0 Å². The summed E-state index contributed by atoms with van der Waals surface area (Å²) in [6.45, 7) is 1.17. The van der Waals surface area contributed by atoms with Crippen LogP contribution in [-0.4, -0.2) is 22.0 Å². The summed E-state index contributed by atoms with van der Waals surface area (Å²) in [7, 11) is 0. The van der Waals surface area contributed by atoms with Gasteiger partial charge in [0.25, 0.3) is 5.91 Å². The quantitative estimate of drug-likeness (QED) is 0.798. The number of furan rings is 1. The molecule has 3 rings (SSSR count). The molecule has 0 aliphatic rings. The second-order valence-electron chi connectivity index (χ2n) is 4.29. The average molecular weight is 334 g/mol. The van der Waals surface area contributed by atoms with Crippen LogP contribution in [0.5, 0.6) is 0 Å². The molecular weight excluding hydrogens is 322 g/mol. The zero-order valence-corrected chi connectivity index (χ0v) is 12.1. The Bertz CT molecular complexity index is 748. The van der Waals surface area contributed by atoms with Crippen molar-refractivity contribution < 1.29 is 9.21 Å². The van der Waals surface area contributed by atoms with Crippen LogP contribution in [0.3, 0.4) is 0 Å². The fourth-order valence-corrected chi connectivity index (χ4v) is 2.31. The van der Waals surface area contributed by atoms with Crippen molar-refractivity contribution in [2.75, 3.05) is 6.54 Å². The molecule has 2 aromatic heterocycles. The molecule has 0 aliphatic heterocycles. The number of halogens is 1. The van der Waals surface area contributed by atoms with Gasteiger partial charge in [0.05, 0.1) is 17.4 Å². The second kappa shape index (κ2) is 5.50. The summed E-state index contributed by atoms with van der Waals surface area (Å²) in [5.41, 5.74) is 2.01. The molecule has 0 spiro atoms. The van der Waals surface area contributed by atoms with Gasteiger partial charge in [0.15, 0.2) is 10.4 Å². The molecule has 0 fully saturated rings. The Balaban J connectivity index is 1.61. The van der Waals surface area contributed by atoms with Crippen molar-refractivity contribution in [3.05, 3.63) is 53.2 Å². The minimum absolute atomic E-state index is 0.222. The molecule has 1 N–H and O–H groups in total. The van der Waals surface area contributed by atoms with Gasteiger partial charge in [-0.25, -0.2) is 4.98 Å². The molecule has 2 heterocycles. The lowest BCUT2D eigenvalue weighted by Crippen LogP contribution is -2.26. The molecule has 6 heteroatoms. The molecule has 0 radical (unpaired) electrons. The maximum Gasteiger partial charge on any atom is 0.287 e. The summed E-state index contributed by atoms with van der Waals surface area (Å²) in [6.07, 6.45) is 1.78. The predicted octanol–water partition coefficient (Wildman–Crippen LogP) is 2.82. The van der Waals surface area contributed by atoms with E-state index in [-0.39, 0.29) is 5.91 Å². The maximum atomic E-state index is 11.8. The first kappa shape index (κ1) is 12.9. The lowest BCUT2D eigenvalue weighted by Gasteiger charge is -2.05. The Kier molecular flexibility index (Phi) is 3.56. The summed E-state index contributed by atoms with van der Waals surface area (Å²) in [4.78, 5) is 16.1. The molecule has 0 unspecified atom stereocenters. The number of hydrogen-bond acceptors (Lipinski definition) is 3. The number of carbonyl (C=O) groups excluding carboxylic acids is 1. The van der Waals surface area contributed by atoms with Crippen LogP contribution in [0.15, 0.2) is 51.8 Å². The highest BCUT2D eigenvalue weighted by molar-refractivity contribution is 9.10. The van der Waals surface area contributed by atoms with E-state index in [1.54, 1.807) is 18.5 Å². The highest BCUT2D eigenvalue weighted by Crippen LogP contribution is 2.14. The number of nitrogens with zero attached hydrogens (tertiary/aromatic N) is 2. The SMILES string of the molecule is O=C(NCCn1cnc2ccccc21)c1ccc(Br)o1. The van der Waals surface area contributed by atoms with E-state index in [0.717, 1.165) is 11.0 Å². The van der Waals surface area contributed by atoms with Crippen molar-refractivity contribution in [1.82, 2.24) is 14.9 Å². The van der Waals surface area contributed by atoms with E-state index < -0.39 is 0 Å². The minimum atomic E-state index is -0.222. The minimum Gasteiger partial charge on any atom is -0.444 e. The van der Waals surface area contributed by atoms with E-state index in [1.165, 1.54) is 0 Å². The number of amides is 1. The lowest BCUT2D eigenvalue weighted by molar-refractivity contribution is 0.0923. The topological polar surface area (TPSA) is 60.1 Å². The third kappa shape index (κ3) is 2.60. The summed E-state index contributed by atoms with van der Waals surface area (Å²) >= 11 is 3.17. The Hall–Kier alpha value is -2.08. The van der Waals surface area contributed by atoms with Crippen molar-refractivity contribution in [2.45, 2.75) is 6.54 Å². The predicted molar refractivity (Wildman–Crippen MR) is 78.5 cm³/mol. The molecule has 1 amide bonds. The first-order valence-corrected chi connectivity index (χ1v) is 6.97. The first-order valence-electron chi connectivity index (χ1n) is 6.17. The van der Waals surface area contributed by atoms with Crippen molar-refractivity contribution in [3.63, 3.8) is 0 Å². The number of imidazole rings is 1. The molecule has 0 aliphatic carbocycles. The largest absolute Gasteiger partial charge is 0.444 e. The van der Waals surface area contributed by atoms with Crippen molar-refractivity contribution in [3.8, 4) is 0 Å². The smallest absolute Gasteiger partial charge is 0.287 e. The van der Waals surface area contributed by atoms with Crippen molar-refractivity contribution >= 4 is 32.9 Å². The number of aromatic nitrogens is 2. The molecule has 0 bridgehead atoms. The van der Waals surface area contributed by atoms with E-state index in [4.69, 9.17) is 4.42 Å². The van der Waals surface area contributed by atoms with Crippen LogP contribution < -0.4 is 5.32 Å². The van der Waals surface area contributed by atoms with Crippen LogP contribution in [-0.2, 0) is 6.54 Å². The Morgan fingerprint density at radius 2 is 2.15 bits per heavy atom. The summed E-state index contributed by atoms with van der Waals surface area (Å²) in [5.74, 6) is 0.0764. The van der Waals surface area contributed by atoms with E-state index in [2.05, 4.69) is 26.2 Å². The molecule has 0 saturated heterocycles. The standard InChI is InChI=1S/C14H12BrN3O2/c15-13-6-5-12(20-13)14(19)16-7-8-18-9-17-10-3-1-2-4-11(10)18/h1-6,9H,7-8H2,(H,16,19). The zero-order valence-electron chi connectivity index (χ0n) is 10.5. The number of carbonyl (C=O) groups is 1. The third-order valence-electron chi connectivity index (χ3n) is 2.96. The van der Waals surface area contributed by atoms with Crippen LogP contribution in [0, 0.1) is 0 Å². The zero-order chi connectivity index (χ0) is 13.9. The maximum absolute atomic E-state index is 11.8. The van der Waals surface area contributed by atoms with Crippen LogP contribution >= 0.6 is 15.9 Å². The van der Waals surface area contributed by atoms with Gasteiger partial charge in [-0.1, -0.05) is 12.1 Å². The van der Waals surface area contributed by atoms with E-state index >= 15 is 0 Å². The van der Waals surface area contributed by atoms with E-state index in [1.807, 2.05) is 28.8 Å². The van der Waals surface area contributed by atoms with Gasteiger partial charge in [0, 0.05) is 13.1 Å². The Labute approximate surface area is 123 Å². The Morgan fingerprint density at radius 1 is 1.30 bits per heavy atom. The highest BCUT2D eigenvalue weighted by atomic mass is 79.9. The number of fused-ring (bicyclic) bond motifs is 1. The lowest BCUT2D eigenvalue weighted by atomic mass is 10.3. The van der Waals surface area contributed by atoms with Gasteiger partial charge in [-0.05, 0) is 40.2 Å². The number of hydrogen-bond donors (Lipinski definition) is 1. The molecule has 0 atom stereocenters. The molecule has 20 heavy (non-hydrogen) atoms. The van der Waals surface area contributed by atoms with Crippen LogP contribution in [0.2, 0.25) is 0 Å². The molecular formula is C14H12BrN3O2. The fourth-order valence-electron chi connectivity index (χ4n) is 2.00. The second-order valence-corrected chi connectivity index (χ2v) is 5.07. The first-order chi connectivity index (χ1) is 9.74. The van der Waals surface area contributed by atoms with Crippen LogP contribution in [0.25, 0.3) is 11.0 Å². The van der Waals surface area contributed by atoms with Gasteiger partial charge >= 0.3 is 0 Å². The molecule has 102 valence electrons. The normalized spacial score (nSPS) is 10.8.